The van der Waals surface area contributed by atoms with Gasteiger partial charge in [-0.1, -0.05) is 76.6 Å². The van der Waals surface area contributed by atoms with Crippen LogP contribution in [0.25, 0.3) is 0 Å². The Morgan fingerprint density at radius 3 is 1.48 bits per heavy atom. The van der Waals surface area contributed by atoms with E-state index in [1.165, 1.54) is 12.1 Å². The maximum atomic E-state index is 14.6. The first-order valence-corrected chi connectivity index (χ1v) is 29.1. The Hall–Kier alpha value is -8.74. The van der Waals surface area contributed by atoms with Crippen molar-refractivity contribution in [1.82, 2.24) is 42.1 Å². The smallest absolute Gasteiger partial charge is 0.446 e. The van der Waals surface area contributed by atoms with Crippen molar-refractivity contribution in [3.63, 3.8) is 0 Å². The summed E-state index contributed by atoms with van der Waals surface area (Å²) in [4.78, 5) is 173. The van der Waals surface area contributed by atoms with Crippen LogP contribution in [-0.2, 0) is 85.6 Å². The number of hydrogen-bond donors (Lipinski definition) is 13. The maximum Gasteiger partial charge on any atom is 0.446 e. The van der Waals surface area contributed by atoms with Gasteiger partial charge in [0.1, 0.15) is 54.1 Å². The molecule has 0 aliphatic carbocycles. The Morgan fingerprint density at radius 2 is 1.02 bits per heavy atom. The summed E-state index contributed by atoms with van der Waals surface area (Å²) >= 11 is 0. The summed E-state index contributed by atoms with van der Waals surface area (Å²) in [5, 5.41) is 55.4. The highest BCUT2D eigenvalue weighted by Crippen LogP contribution is 2.23. The van der Waals surface area contributed by atoms with Crippen molar-refractivity contribution in [2.24, 2.45) is 17.6 Å². The number of likely N-dealkylation sites (tertiary alicyclic amines) is 1. The number of carboxylic acid groups (broad SMARTS) is 4. The van der Waals surface area contributed by atoms with Crippen LogP contribution in [0.2, 0.25) is 0 Å². The normalized spacial score (nSPS) is 15.8. The van der Waals surface area contributed by atoms with Crippen LogP contribution in [0.3, 0.4) is 0 Å². The van der Waals surface area contributed by atoms with E-state index in [0.29, 0.717) is 0 Å². The number of carbonyl (C=O) groups excluding carboxylic acids is 9. The number of benzene rings is 2. The first kappa shape index (κ1) is 71.5. The van der Waals surface area contributed by atoms with Crippen LogP contribution in [-0.4, -0.2) is 170 Å². The number of nitrogens with zero attached hydrogens (tertiary/aromatic N) is 1. The lowest BCUT2D eigenvalue weighted by atomic mass is 9.96. The molecule has 0 spiro atoms. The summed E-state index contributed by atoms with van der Waals surface area (Å²) in [6.45, 7) is 6.63. The Kier molecular flexibility index (Phi) is 29.0. The van der Waals surface area contributed by atoms with Gasteiger partial charge in [-0.15, -0.1) is 0 Å². The minimum atomic E-state index is -4.93. The van der Waals surface area contributed by atoms with Crippen molar-refractivity contribution in [3.8, 4) is 5.75 Å². The van der Waals surface area contributed by atoms with Crippen LogP contribution in [0.15, 0.2) is 54.6 Å². The molecule has 1 heterocycles. The highest BCUT2D eigenvalue weighted by atomic mass is 32.3. The van der Waals surface area contributed by atoms with Gasteiger partial charge in [-0.05, 0) is 86.5 Å². The van der Waals surface area contributed by atoms with Gasteiger partial charge in [0, 0.05) is 45.1 Å². The van der Waals surface area contributed by atoms with Gasteiger partial charge in [-0.3, -0.25) is 66.9 Å². The fourth-order valence-electron chi connectivity index (χ4n) is 9.06. The second-order valence-corrected chi connectivity index (χ2v) is 22.1. The molecule has 2 aromatic rings. The van der Waals surface area contributed by atoms with E-state index >= 15 is 0 Å². The number of nitrogens with one attached hydrogen (secondary N) is 7. The molecule has 0 aromatic heterocycles. The molecular weight excluding hydrogens is 1150 g/mol. The maximum absolute atomic E-state index is 14.6. The lowest BCUT2D eigenvalue weighted by molar-refractivity contribution is -0.144. The largest absolute Gasteiger partial charge is 0.481 e. The molecule has 30 nitrogen and oxygen atoms in total. The molecule has 14 N–H and O–H groups in total. The molecule has 0 bridgehead atoms. The monoisotopic (exact) mass is 1230 g/mol. The molecule has 2 aromatic carbocycles. The van der Waals surface area contributed by atoms with Crippen LogP contribution in [0.1, 0.15) is 122 Å². The lowest BCUT2D eigenvalue weighted by Gasteiger charge is -2.33. The van der Waals surface area contributed by atoms with Crippen molar-refractivity contribution in [1.29, 1.82) is 0 Å². The molecule has 86 heavy (non-hydrogen) atoms. The number of rotatable bonds is 38. The van der Waals surface area contributed by atoms with E-state index in [-0.39, 0.29) is 62.3 Å². The molecule has 0 radical (unpaired) electrons. The second-order valence-electron chi connectivity index (χ2n) is 21.1. The zero-order chi connectivity index (χ0) is 64.4. The van der Waals surface area contributed by atoms with Crippen LogP contribution in [0.4, 0.5) is 0 Å². The molecule has 1 saturated heterocycles. The minimum Gasteiger partial charge on any atom is -0.481 e. The molecule has 9 amide bonds. The number of hydrogen-bond acceptors (Lipinski definition) is 16. The topological polar surface area (TPSA) is 480 Å². The van der Waals surface area contributed by atoms with E-state index in [9.17, 15) is 91.2 Å². The molecule has 474 valence electrons. The van der Waals surface area contributed by atoms with Crippen molar-refractivity contribution in [2.75, 3.05) is 6.54 Å². The Morgan fingerprint density at radius 1 is 0.581 bits per heavy atom. The number of primary amides is 1. The van der Waals surface area contributed by atoms with Crippen molar-refractivity contribution in [2.45, 2.75) is 172 Å². The van der Waals surface area contributed by atoms with Crippen molar-refractivity contribution in [3.05, 3.63) is 65.7 Å². The highest BCUT2D eigenvalue weighted by Gasteiger charge is 2.42. The molecule has 9 atom stereocenters. The van der Waals surface area contributed by atoms with Gasteiger partial charge in [0.05, 0.1) is 0 Å². The van der Waals surface area contributed by atoms with Crippen LogP contribution >= 0.6 is 0 Å². The number of nitrogens with two attached hydrogens (primary N) is 1. The van der Waals surface area contributed by atoms with Crippen LogP contribution in [0, 0.1) is 11.8 Å². The zero-order valence-corrected chi connectivity index (χ0v) is 48.8. The van der Waals surface area contributed by atoms with E-state index in [4.69, 9.17) is 10.3 Å². The van der Waals surface area contributed by atoms with Crippen molar-refractivity contribution < 1.29 is 99.9 Å². The third kappa shape index (κ3) is 25.6. The fourth-order valence-corrected chi connectivity index (χ4v) is 9.41. The zero-order valence-electron chi connectivity index (χ0n) is 48.0. The third-order valence-corrected chi connectivity index (χ3v) is 14.2. The number of aryl methyl sites for hydroxylation is 1. The molecule has 31 heteroatoms. The Balaban J connectivity index is 1.91. The fraction of sp³-hybridized carbons (Fsp3) is 0.545. The van der Waals surface area contributed by atoms with E-state index in [1.54, 1.807) is 58.0 Å². The standard InChI is InChI=1S/C55H77N9O21S/c1-5-31(4)47(63-52(78)38(21-26-46(72)73)59-49(75)35(18-23-43(66)67)57-42(65)22-15-32-10-7-6-8-11-32)55(81)64-27-9-12-41(64)54(80)60-37(20-25-45(70)71)50(76)58-36(19-24-44(68)69)51(77)62-40(53(79)61-39(48(56)74)28-30(2)3)29-33-13-16-34(17-14-33)85-86(82,83)84/h6-8,10-11,13-14,16-17,30-31,35-41,47H,5,9,12,15,18-29H2,1-4H3,(H2,56,74)(H,57,65)(H,58,76)(H,59,75)(H,60,80)(H,61,79)(H,62,77)(H,63,78)(H,66,67)(H,68,69)(H,70,71)(H,72,73)(H,82,83,84)/t31-,35-,36-,37-,38-,39-,40-,41-,47-/m0/s1. The van der Waals surface area contributed by atoms with Gasteiger partial charge in [0.25, 0.3) is 0 Å². The van der Waals surface area contributed by atoms with Gasteiger partial charge in [0.2, 0.25) is 53.2 Å². The number of aliphatic carboxylic acids is 4. The summed E-state index contributed by atoms with van der Waals surface area (Å²) in [6.07, 6.45) is -4.79. The second kappa shape index (κ2) is 34.9. The lowest BCUT2D eigenvalue weighted by Crippen LogP contribution is -2.61. The summed E-state index contributed by atoms with van der Waals surface area (Å²) in [5.41, 5.74) is 6.59. The summed E-state index contributed by atoms with van der Waals surface area (Å²) in [5.74, 6) is -15.6. The number of carbonyl (C=O) groups is 13. The molecule has 0 unspecified atom stereocenters. The third-order valence-electron chi connectivity index (χ3n) is 13.8. The van der Waals surface area contributed by atoms with E-state index in [1.807, 2.05) is 0 Å². The van der Waals surface area contributed by atoms with Gasteiger partial charge in [-0.25, -0.2) is 0 Å². The van der Waals surface area contributed by atoms with Crippen molar-refractivity contribution >= 4 is 87.4 Å². The van der Waals surface area contributed by atoms with E-state index < -0.39 is 199 Å². The molecule has 1 aliphatic rings. The predicted molar refractivity (Wildman–Crippen MR) is 301 cm³/mol. The first-order chi connectivity index (χ1) is 40.4. The average Bonchev–Trinajstić information content (AvgIpc) is 2.87. The Bertz CT molecular complexity index is 2860. The molecular formula is C55H77N9O21S. The SMILES string of the molecule is CC[C@H](C)[C@H](NC(=O)[C@H](CCC(=O)O)NC(=O)[C@H](CCC(=O)O)NC(=O)CCc1ccccc1)C(=O)N1CCC[C@H]1C(=O)N[C@@H](CCC(=O)O)C(=O)N[C@@H](CCC(=O)O)C(=O)N[C@@H](Cc1ccc(OS(=O)(=O)O)cc1)C(=O)N[C@@H](CC(C)C)C(N)=O. The minimum absolute atomic E-state index is 0.0325. The summed E-state index contributed by atoms with van der Waals surface area (Å²) < 4.78 is 36.0. The molecule has 0 saturated carbocycles. The van der Waals surface area contributed by atoms with Gasteiger partial charge < -0.3 is 72.5 Å². The number of carboxylic acids is 4. The van der Waals surface area contributed by atoms with Crippen LogP contribution in [0.5, 0.6) is 5.75 Å². The molecule has 1 aliphatic heterocycles. The van der Waals surface area contributed by atoms with Gasteiger partial charge >= 0.3 is 34.3 Å². The Labute approximate surface area is 495 Å². The predicted octanol–water partition coefficient (Wildman–Crippen LogP) is -0.535. The quantitative estimate of drug-likeness (QED) is 0.0376. The van der Waals surface area contributed by atoms with E-state index in [0.717, 1.165) is 22.6 Å². The molecule has 3 rings (SSSR count). The first-order valence-electron chi connectivity index (χ1n) is 27.8. The highest BCUT2D eigenvalue weighted by molar-refractivity contribution is 7.81. The summed E-state index contributed by atoms with van der Waals surface area (Å²) in [7, 11) is -4.93. The average molecular weight is 1230 g/mol. The van der Waals surface area contributed by atoms with E-state index in [2.05, 4.69) is 41.4 Å². The van der Waals surface area contributed by atoms with Crippen LogP contribution < -0.4 is 47.1 Å². The number of amides is 9. The summed E-state index contributed by atoms with van der Waals surface area (Å²) in [6, 6.07) is 1.11. The molecule has 1 fully saturated rings. The van der Waals surface area contributed by atoms with Gasteiger partial charge in [-0.2, -0.15) is 8.42 Å². The van der Waals surface area contributed by atoms with Gasteiger partial charge in [0.15, 0.2) is 0 Å².